The van der Waals surface area contributed by atoms with Gasteiger partial charge in [0.2, 0.25) is 0 Å². The van der Waals surface area contributed by atoms with Crippen LogP contribution in [0.15, 0.2) is 30.9 Å². The van der Waals surface area contributed by atoms with Crippen molar-refractivity contribution in [2.24, 2.45) is 0 Å². The van der Waals surface area contributed by atoms with Crippen molar-refractivity contribution in [2.45, 2.75) is 0 Å². The van der Waals surface area contributed by atoms with Gasteiger partial charge >= 0.3 is 0 Å². The van der Waals surface area contributed by atoms with Gasteiger partial charge in [-0.05, 0) is 12.1 Å². The van der Waals surface area contributed by atoms with E-state index in [1.807, 2.05) is 18.3 Å². The molecule has 3 aromatic heterocycles. The van der Waals surface area contributed by atoms with Crippen molar-refractivity contribution in [2.75, 3.05) is 31.2 Å². The first-order valence-electron chi connectivity index (χ1n) is 6.85. The molecule has 0 atom stereocenters. The topological polar surface area (TPSA) is 79.8 Å². The number of fused-ring (bicyclic) bond motifs is 1. The van der Waals surface area contributed by atoms with Gasteiger partial charge in [-0.15, -0.1) is 0 Å². The first kappa shape index (κ1) is 12.2. The van der Waals surface area contributed by atoms with E-state index in [0.717, 1.165) is 49.0 Å². The molecule has 1 saturated heterocycles. The zero-order valence-electron chi connectivity index (χ0n) is 11.4. The van der Waals surface area contributed by atoms with E-state index in [1.54, 1.807) is 6.20 Å². The minimum Gasteiger partial charge on any atom is -0.378 e. The van der Waals surface area contributed by atoms with E-state index in [4.69, 9.17) is 4.74 Å². The zero-order valence-corrected chi connectivity index (χ0v) is 11.4. The van der Waals surface area contributed by atoms with Gasteiger partial charge in [0.1, 0.15) is 23.5 Å². The molecule has 106 valence electrons. The lowest BCUT2D eigenvalue weighted by atomic mass is 10.2. The Morgan fingerprint density at radius 3 is 2.76 bits per heavy atom. The molecule has 0 saturated carbocycles. The van der Waals surface area contributed by atoms with E-state index in [9.17, 15) is 0 Å². The monoisotopic (exact) mass is 282 g/mol. The highest BCUT2D eigenvalue weighted by molar-refractivity contribution is 5.74. The van der Waals surface area contributed by atoms with E-state index in [1.165, 1.54) is 6.33 Å². The molecule has 4 heterocycles. The van der Waals surface area contributed by atoms with Crippen LogP contribution in [0.1, 0.15) is 0 Å². The molecule has 7 nitrogen and oxygen atoms in total. The molecule has 0 amide bonds. The Bertz CT molecular complexity index is 715. The molecule has 3 aromatic rings. The molecule has 1 aliphatic heterocycles. The van der Waals surface area contributed by atoms with Gasteiger partial charge < -0.3 is 14.6 Å². The number of morpholine rings is 1. The number of aromatic nitrogens is 5. The van der Waals surface area contributed by atoms with Gasteiger partial charge in [0.05, 0.1) is 19.4 Å². The highest BCUT2D eigenvalue weighted by Gasteiger charge is 2.13. The van der Waals surface area contributed by atoms with Crippen LogP contribution in [0.3, 0.4) is 0 Å². The molecule has 0 unspecified atom stereocenters. The summed E-state index contributed by atoms with van der Waals surface area (Å²) in [6.45, 7) is 3.27. The molecule has 0 radical (unpaired) electrons. The zero-order chi connectivity index (χ0) is 14.1. The number of H-pyrrole nitrogens is 1. The van der Waals surface area contributed by atoms with E-state index >= 15 is 0 Å². The fourth-order valence-corrected chi connectivity index (χ4v) is 2.40. The number of nitrogens with one attached hydrogen (secondary N) is 1. The number of imidazole rings is 1. The molecular weight excluding hydrogens is 268 g/mol. The van der Waals surface area contributed by atoms with Gasteiger partial charge in [-0.25, -0.2) is 19.9 Å². The SMILES string of the molecule is c1ncc2[nH]c(-c3ccc(N4CCOCC4)nc3)nc2n1. The van der Waals surface area contributed by atoms with Crippen molar-refractivity contribution in [3.05, 3.63) is 30.9 Å². The fourth-order valence-electron chi connectivity index (χ4n) is 2.40. The maximum atomic E-state index is 5.35. The predicted octanol–water partition coefficient (Wildman–Crippen LogP) is 1.25. The van der Waals surface area contributed by atoms with Crippen LogP contribution in [0, 0.1) is 0 Å². The normalized spacial score (nSPS) is 15.5. The molecule has 1 aliphatic rings. The summed E-state index contributed by atoms with van der Waals surface area (Å²) in [6.07, 6.45) is 5.04. The molecule has 21 heavy (non-hydrogen) atoms. The molecule has 1 fully saturated rings. The van der Waals surface area contributed by atoms with Crippen molar-refractivity contribution < 1.29 is 4.74 Å². The lowest BCUT2D eigenvalue weighted by Gasteiger charge is -2.27. The van der Waals surface area contributed by atoms with Crippen LogP contribution in [-0.2, 0) is 4.74 Å². The van der Waals surface area contributed by atoms with Crippen molar-refractivity contribution in [1.82, 2.24) is 24.9 Å². The second-order valence-electron chi connectivity index (χ2n) is 4.85. The maximum Gasteiger partial charge on any atom is 0.181 e. The predicted molar refractivity (Wildman–Crippen MR) is 77.9 cm³/mol. The second-order valence-corrected chi connectivity index (χ2v) is 4.85. The number of ether oxygens (including phenoxy) is 1. The third-order valence-corrected chi connectivity index (χ3v) is 3.52. The van der Waals surface area contributed by atoms with E-state index in [2.05, 4.69) is 29.8 Å². The number of aromatic amines is 1. The van der Waals surface area contributed by atoms with E-state index in [-0.39, 0.29) is 0 Å². The van der Waals surface area contributed by atoms with E-state index in [0.29, 0.717) is 5.65 Å². The minimum absolute atomic E-state index is 0.664. The van der Waals surface area contributed by atoms with E-state index < -0.39 is 0 Å². The number of rotatable bonds is 2. The number of pyridine rings is 1. The first-order valence-corrected chi connectivity index (χ1v) is 6.85. The number of hydrogen-bond acceptors (Lipinski definition) is 6. The van der Waals surface area contributed by atoms with Crippen LogP contribution in [0.5, 0.6) is 0 Å². The second kappa shape index (κ2) is 5.10. The highest BCUT2D eigenvalue weighted by Crippen LogP contribution is 2.20. The Labute approximate surface area is 121 Å². The molecule has 0 aliphatic carbocycles. The lowest BCUT2D eigenvalue weighted by Crippen LogP contribution is -2.36. The number of hydrogen-bond donors (Lipinski definition) is 1. The summed E-state index contributed by atoms with van der Waals surface area (Å²) < 4.78 is 5.35. The Morgan fingerprint density at radius 1 is 1.10 bits per heavy atom. The summed E-state index contributed by atoms with van der Waals surface area (Å²) in [7, 11) is 0. The third-order valence-electron chi connectivity index (χ3n) is 3.52. The summed E-state index contributed by atoms with van der Waals surface area (Å²) in [5, 5.41) is 0. The molecule has 1 N–H and O–H groups in total. The number of anilines is 1. The fraction of sp³-hybridized carbons (Fsp3) is 0.286. The maximum absolute atomic E-state index is 5.35. The van der Waals surface area contributed by atoms with Crippen LogP contribution in [-0.4, -0.2) is 51.2 Å². The van der Waals surface area contributed by atoms with Crippen molar-refractivity contribution in [3.63, 3.8) is 0 Å². The summed E-state index contributed by atoms with van der Waals surface area (Å²) in [5.41, 5.74) is 2.42. The minimum atomic E-state index is 0.664. The largest absolute Gasteiger partial charge is 0.378 e. The quantitative estimate of drug-likeness (QED) is 0.762. The Hall–Kier alpha value is -2.54. The molecule has 0 aromatic carbocycles. The van der Waals surface area contributed by atoms with Crippen LogP contribution in [0.4, 0.5) is 5.82 Å². The van der Waals surface area contributed by atoms with Gasteiger partial charge in [-0.3, -0.25) is 0 Å². The van der Waals surface area contributed by atoms with Crippen molar-refractivity contribution in [1.29, 1.82) is 0 Å². The Kier molecular flexibility index (Phi) is 2.97. The van der Waals surface area contributed by atoms with Crippen LogP contribution in [0.2, 0.25) is 0 Å². The van der Waals surface area contributed by atoms with Crippen LogP contribution >= 0.6 is 0 Å². The van der Waals surface area contributed by atoms with Gasteiger partial charge in [0.15, 0.2) is 5.65 Å². The van der Waals surface area contributed by atoms with Crippen molar-refractivity contribution in [3.8, 4) is 11.4 Å². The average Bonchev–Trinajstić information content (AvgIpc) is 3.00. The van der Waals surface area contributed by atoms with Crippen LogP contribution in [0.25, 0.3) is 22.6 Å². The summed E-state index contributed by atoms with van der Waals surface area (Å²) in [6, 6.07) is 4.03. The number of nitrogens with zero attached hydrogens (tertiary/aromatic N) is 5. The van der Waals surface area contributed by atoms with Crippen LogP contribution < -0.4 is 4.90 Å². The summed E-state index contributed by atoms with van der Waals surface area (Å²) in [5.74, 6) is 1.73. The smallest absolute Gasteiger partial charge is 0.181 e. The molecule has 4 rings (SSSR count). The van der Waals surface area contributed by atoms with Gasteiger partial charge in [0, 0.05) is 24.8 Å². The molecule has 0 bridgehead atoms. The summed E-state index contributed by atoms with van der Waals surface area (Å²) in [4.78, 5) is 22.5. The molecule has 7 heteroatoms. The Balaban J connectivity index is 1.63. The standard InChI is InChI=1S/C14H14N6O/c1-2-12(20-3-5-21-6-4-20)16-7-10(1)13-18-11-8-15-9-17-14(11)19-13/h1-2,7-9H,3-6H2,(H,15,17,18,19). The first-order chi connectivity index (χ1) is 10.4. The third kappa shape index (κ3) is 2.31. The summed E-state index contributed by atoms with van der Waals surface area (Å²) >= 11 is 0. The highest BCUT2D eigenvalue weighted by atomic mass is 16.5. The van der Waals surface area contributed by atoms with Crippen molar-refractivity contribution >= 4 is 17.0 Å². The lowest BCUT2D eigenvalue weighted by molar-refractivity contribution is 0.122. The van der Waals surface area contributed by atoms with Gasteiger partial charge in [-0.1, -0.05) is 0 Å². The van der Waals surface area contributed by atoms with Gasteiger partial charge in [-0.2, -0.15) is 0 Å². The Morgan fingerprint density at radius 2 is 2.00 bits per heavy atom. The van der Waals surface area contributed by atoms with Gasteiger partial charge in [0.25, 0.3) is 0 Å². The average molecular weight is 282 g/mol. The molecule has 0 spiro atoms. The molecular formula is C14H14N6O.